The van der Waals surface area contributed by atoms with Crippen LogP contribution in [-0.2, 0) is 0 Å². The summed E-state index contributed by atoms with van der Waals surface area (Å²) in [5.41, 5.74) is -0.845. The van der Waals surface area contributed by atoms with Crippen LogP contribution in [0.5, 0.6) is 11.5 Å². The van der Waals surface area contributed by atoms with Gasteiger partial charge in [0.2, 0.25) is 0 Å². The number of carbonyl (C=O) groups excluding carboxylic acids is 1. The first kappa shape index (κ1) is 17.7. The fourth-order valence-corrected chi connectivity index (χ4v) is 2.04. The molecule has 0 bridgehead atoms. The maximum atomic E-state index is 12.1. The highest BCUT2D eigenvalue weighted by molar-refractivity contribution is 5.99. The van der Waals surface area contributed by atoms with Gasteiger partial charge in [-0.25, -0.2) is 0 Å². The van der Waals surface area contributed by atoms with E-state index in [1.54, 1.807) is 0 Å². The van der Waals surface area contributed by atoms with Crippen molar-refractivity contribution in [2.75, 3.05) is 33.3 Å². The average molecular weight is 311 g/mol. The Bertz CT molecular complexity index is 544. The van der Waals surface area contributed by atoms with Gasteiger partial charge in [0.05, 0.1) is 12.0 Å². The Morgan fingerprint density at radius 3 is 2.55 bits per heavy atom. The standard InChI is InChI=1S/C14H21N3O5/c1-4-16(5-2)7-6-15-14(19)11-8-10(22-3)9-12(18)13(11)17(20)21/h8-9,18H,4-7H2,1-3H3,(H,15,19). The minimum atomic E-state index is -0.784. The third-order valence-corrected chi connectivity index (χ3v) is 3.33. The molecule has 1 rings (SSSR count). The molecule has 22 heavy (non-hydrogen) atoms. The number of nitrogens with one attached hydrogen (secondary N) is 1. The minimum absolute atomic E-state index is 0.178. The monoisotopic (exact) mass is 311 g/mol. The molecule has 1 amide bonds. The van der Waals surface area contributed by atoms with Crippen LogP contribution in [0.4, 0.5) is 5.69 Å². The van der Waals surface area contributed by atoms with Crippen molar-refractivity contribution in [1.82, 2.24) is 10.2 Å². The summed E-state index contributed by atoms with van der Waals surface area (Å²) in [6.07, 6.45) is 0. The zero-order chi connectivity index (χ0) is 16.7. The van der Waals surface area contributed by atoms with Crippen molar-refractivity contribution in [2.24, 2.45) is 0 Å². The van der Waals surface area contributed by atoms with Gasteiger partial charge in [-0.1, -0.05) is 13.8 Å². The van der Waals surface area contributed by atoms with Crippen LogP contribution < -0.4 is 10.1 Å². The van der Waals surface area contributed by atoms with Crippen molar-refractivity contribution in [2.45, 2.75) is 13.8 Å². The molecule has 122 valence electrons. The van der Waals surface area contributed by atoms with E-state index in [4.69, 9.17) is 4.74 Å². The second kappa shape index (κ2) is 8.18. The van der Waals surface area contributed by atoms with Crippen LogP contribution in [0.3, 0.4) is 0 Å². The summed E-state index contributed by atoms with van der Waals surface area (Å²) >= 11 is 0. The number of hydrogen-bond acceptors (Lipinski definition) is 6. The van der Waals surface area contributed by atoms with Gasteiger partial charge in [-0.3, -0.25) is 14.9 Å². The van der Waals surface area contributed by atoms with Gasteiger partial charge in [-0.15, -0.1) is 0 Å². The molecule has 0 saturated carbocycles. The SMILES string of the molecule is CCN(CC)CCNC(=O)c1cc(OC)cc(O)c1[N+](=O)[O-]. The minimum Gasteiger partial charge on any atom is -0.502 e. The number of methoxy groups -OCH3 is 1. The first-order valence-electron chi connectivity index (χ1n) is 7.00. The second-order valence-electron chi connectivity index (χ2n) is 4.58. The lowest BCUT2D eigenvalue weighted by molar-refractivity contribution is -0.386. The molecule has 0 aliphatic carbocycles. The summed E-state index contributed by atoms with van der Waals surface area (Å²) in [7, 11) is 1.35. The largest absolute Gasteiger partial charge is 0.502 e. The van der Waals surface area contributed by atoms with Gasteiger partial charge < -0.3 is 20.1 Å². The molecule has 8 nitrogen and oxygen atoms in total. The van der Waals surface area contributed by atoms with Gasteiger partial charge in [0.25, 0.3) is 5.91 Å². The lowest BCUT2D eigenvalue weighted by atomic mass is 10.1. The Morgan fingerprint density at radius 2 is 2.05 bits per heavy atom. The fourth-order valence-electron chi connectivity index (χ4n) is 2.04. The van der Waals surface area contributed by atoms with E-state index in [0.717, 1.165) is 19.2 Å². The first-order valence-corrected chi connectivity index (χ1v) is 7.00. The third-order valence-electron chi connectivity index (χ3n) is 3.33. The number of nitro groups is 1. The lowest BCUT2D eigenvalue weighted by Gasteiger charge is -2.18. The molecule has 0 aliphatic heterocycles. The topological polar surface area (TPSA) is 105 Å². The average Bonchev–Trinajstić information content (AvgIpc) is 2.49. The van der Waals surface area contributed by atoms with Crippen molar-refractivity contribution < 1.29 is 19.6 Å². The van der Waals surface area contributed by atoms with Crippen LogP contribution in [-0.4, -0.2) is 54.1 Å². The van der Waals surface area contributed by atoms with Gasteiger partial charge in [0.15, 0.2) is 5.75 Å². The summed E-state index contributed by atoms with van der Waals surface area (Å²) in [6.45, 7) is 6.73. The number of nitro benzene ring substituents is 1. The van der Waals surface area contributed by atoms with Crippen molar-refractivity contribution in [3.05, 3.63) is 27.8 Å². The summed E-state index contributed by atoms with van der Waals surface area (Å²) < 4.78 is 4.93. The van der Waals surface area contributed by atoms with Crippen LogP contribution in [0, 0.1) is 10.1 Å². The molecule has 0 unspecified atom stereocenters. The summed E-state index contributed by atoms with van der Waals surface area (Å²) in [6, 6.07) is 2.34. The molecule has 0 saturated heterocycles. The molecule has 1 aromatic rings. The quantitative estimate of drug-likeness (QED) is 0.555. The molecule has 0 spiro atoms. The van der Waals surface area contributed by atoms with Gasteiger partial charge in [0.1, 0.15) is 11.3 Å². The molecule has 0 aromatic heterocycles. The number of rotatable bonds is 8. The summed E-state index contributed by atoms with van der Waals surface area (Å²) in [5.74, 6) is -1.04. The zero-order valence-electron chi connectivity index (χ0n) is 13.0. The highest BCUT2D eigenvalue weighted by Crippen LogP contribution is 2.34. The number of phenols is 1. The van der Waals surface area contributed by atoms with Crippen LogP contribution in [0.1, 0.15) is 24.2 Å². The maximum Gasteiger partial charge on any atom is 0.323 e. The fraction of sp³-hybridized carbons (Fsp3) is 0.500. The Kier molecular flexibility index (Phi) is 6.58. The molecular formula is C14H21N3O5. The van der Waals surface area contributed by atoms with Crippen LogP contribution in [0.2, 0.25) is 0 Å². The molecule has 1 aromatic carbocycles. The Morgan fingerprint density at radius 1 is 1.41 bits per heavy atom. The van der Waals surface area contributed by atoms with Crippen molar-refractivity contribution in [3.8, 4) is 11.5 Å². The zero-order valence-corrected chi connectivity index (χ0v) is 13.0. The van der Waals surface area contributed by atoms with Gasteiger partial charge >= 0.3 is 5.69 Å². The number of hydrogen-bond donors (Lipinski definition) is 2. The molecule has 0 heterocycles. The highest BCUT2D eigenvalue weighted by atomic mass is 16.6. The number of benzene rings is 1. The van der Waals surface area contributed by atoms with E-state index in [-0.39, 0.29) is 11.3 Å². The van der Waals surface area contributed by atoms with Crippen molar-refractivity contribution in [1.29, 1.82) is 0 Å². The van der Waals surface area contributed by atoms with Gasteiger partial charge in [-0.05, 0) is 13.1 Å². The molecular weight excluding hydrogens is 290 g/mol. The van der Waals surface area contributed by atoms with E-state index in [2.05, 4.69) is 10.2 Å². The molecule has 0 aliphatic rings. The van der Waals surface area contributed by atoms with E-state index in [1.165, 1.54) is 13.2 Å². The maximum absolute atomic E-state index is 12.1. The predicted octanol–water partition coefficient (Wildman–Crippen LogP) is 1.38. The molecule has 0 fully saturated rings. The van der Waals surface area contributed by atoms with Crippen LogP contribution in [0.15, 0.2) is 12.1 Å². The van der Waals surface area contributed by atoms with Gasteiger partial charge in [-0.2, -0.15) is 0 Å². The molecule has 0 atom stereocenters. The Hall–Kier alpha value is -2.35. The number of likely N-dealkylation sites (N-methyl/N-ethyl adjacent to an activating group) is 1. The molecule has 0 radical (unpaired) electrons. The van der Waals surface area contributed by atoms with E-state index < -0.39 is 22.3 Å². The first-order chi connectivity index (χ1) is 10.4. The molecule has 2 N–H and O–H groups in total. The Balaban J connectivity index is 2.92. The normalized spacial score (nSPS) is 10.5. The summed E-state index contributed by atoms with van der Waals surface area (Å²) in [4.78, 5) is 24.5. The van der Waals surface area contributed by atoms with E-state index in [0.29, 0.717) is 13.1 Å². The van der Waals surface area contributed by atoms with Gasteiger partial charge in [0, 0.05) is 25.2 Å². The number of amides is 1. The van der Waals surface area contributed by atoms with E-state index >= 15 is 0 Å². The second-order valence-corrected chi connectivity index (χ2v) is 4.58. The predicted molar refractivity (Wildman–Crippen MR) is 81.4 cm³/mol. The number of phenolic OH excluding ortho intramolecular Hbond substituents is 1. The van der Waals surface area contributed by atoms with Crippen molar-refractivity contribution >= 4 is 11.6 Å². The van der Waals surface area contributed by atoms with Crippen LogP contribution >= 0.6 is 0 Å². The Labute approximate surface area is 128 Å². The number of ether oxygens (including phenoxy) is 1. The van der Waals surface area contributed by atoms with Crippen LogP contribution in [0.25, 0.3) is 0 Å². The lowest BCUT2D eigenvalue weighted by Crippen LogP contribution is -2.35. The summed E-state index contributed by atoms with van der Waals surface area (Å²) in [5, 5.41) is 23.4. The highest BCUT2D eigenvalue weighted by Gasteiger charge is 2.26. The third kappa shape index (κ3) is 4.32. The smallest absolute Gasteiger partial charge is 0.323 e. The number of aromatic hydroxyl groups is 1. The molecule has 8 heteroatoms. The van der Waals surface area contributed by atoms with E-state index in [9.17, 15) is 20.0 Å². The van der Waals surface area contributed by atoms with Crippen molar-refractivity contribution in [3.63, 3.8) is 0 Å². The number of carbonyl (C=O) groups is 1. The number of nitrogens with zero attached hydrogens (tertiary/aromatic N) is 2. The van der Waals surface area contributed by atoms with E-state index in [1.807, 2.05) is 13.8 Å².